The van der Waals surface area contributed by atoms with Crippen molar-refractivity contribution < 1.29 is 9.84 Å². The zero-order valence-electron chi connectivity index (χ0n) is 9.13. The molecule has 15 heavy (non-hydrogen) atoms. The number of benzene rings is 1. The first-order chi connectivity index (χ1) is 7.18. The summed E-state index contributed by atoms with van der Waals surface area (Å²) in [5, 5.41) is 9.90. The molecule has 0 radical (unpaired) electrons. The number of rotatable bonds is 1. The molecule has 3 atom stereocenters. The standard InChI is InChI=1S/C12H17NO2/c1-9-8-13(2)11(12(14)15-9)10-6-4-3-5-7-10/h3-7,9,11-12,14H,8H2,1-2H3. The summed E-state index contributed by atoms with van der Waals surface area (Å²) in [5.41, 5.74) is 1.10. The average molecular weight is 207 g/mol. The second-order valence-electron chi connectivity index (χ2n) is 4.13. The van der Waals surface area contributed by atoms with E-state index in [1.165, 1.54) is 0 Å². The SMILES string of the molecule is CC1CN(C)C(c2ccccc2)C(O)O1. The molecule has 0 bridgehead atoms. The summed E-state index contributed by atoms with van der Waals surface area (Å²) in [6.07, 6.45) is -0.647. The zero-order chi connectivity index (χ0) is 10.8. The molecule has 1 fully saturated rings. The quantitative estimate of drug-likeness (QED) is 0.755. The fourth-order valence-electron chi connectivity index (χ4n) is 2.16. The molecule has 1 aliphatic heterocycles. The summed E-state index contributed by atoms with van der Waals surface area (Å²) in [6, 6.07) is 9.92. The lowest BCUT2D eigenvalue weighted by atomic mass is 10.0. The lowest BCUT2D eigenvalue weighted by molar-refractivity contribution is -0.205. The van der Waals surface area contributed by atoms with Crippen LogP contribution in [0.1, 0.15) is 18.5 Å². The summed E-state index contributed by atoms with van der Waals surface area (Å²) in [7, 11) is 2.01. The highest BCUT2D eigenvalue weighted by Crippen LogP contribution is 2.28. The summed E-state index contributed by atoms with van der Waals surface area (Å²) in [5.74, 6) is 0. The van der Waals surface area contributed by atoms with Crippen molar-refractivity contribution in [3.63, 3.8) is 0 Å². The van der Waals surface area contributed by atoms with E-state index < -0.39 is 6.29 Å². The molecule has 0 aliphatic carbocycles. The first-order valence-corrected chi connectivity index (χ1v) is 5.27. The topological polar surface area (TPSA) is 32.7 Å². The highest BCUT2D eigenvalue weighted by atomic mass is 16.6. The van der Waals surface area contributed by atoms with Gasteiger partial charge in [-0.05, 0) is 19.5 Å². The molecule has 1 aliphatic rings. The Kier molecular flexibility index (Phi) is 3.05. The minimum absolute atomic E-state index is 0.0533. The maximum Gasteiger partial charge on any atom is 0.174 e. The number of nitrogens with zero attached hydrogens (tertiary/aromatic N) is 1. The van der Waals surface area contributed by atoms with E-state index in [1.807, 2.05) is 44.3 Å². The molecular formula is C12H17NO2. The van der Waals surface area contributed by atoms with E-state index in [-0.39, 0.29) is 12.1 Å². The van der Waals surface area contributed by atoms with Crippen molar-refractivity contribution in [3.8, 4) is 0 Å². The molecule has 1 aromatic carbocycles. The van der Waals surface area contributed by atoms with Gasteiger partial charge in [-0.25, -0.2) is 0 Å². The Bertz CT molecular complexity index is 303. The first-order valence-electron chi connectivity index (χ1n) is 5.27. The molecule has 3 heteroatoms. The number of ether oxygens (including phenoxy) is 1. The Labute approximate surface area is 90.3 Å². The van der Waals surface area contributed by atoms with Crippen LogP contribution in [-0.2, 0) is 4.74 Å². The minimum Gasteiger partial charge on any atom is -0.366 e. The van der Waals surface area contributed by atoms with Crippen LogP contribution in [0.25, 0.3) is 0 Å². The summed E-state index contributed by atoms with van der Waals surface area (Å²) < 4.78 is 5.44. The van der Waals surface area contributed by atoms with E-state index in [0.29, 0.717) is 0 Å². The number of likely N-dealkylation sites (N-methyl/N-ethyl adjacent to an activating group) is 1. The molecule has 0 spiro atoms. The van der Waals surface area contributed by atoms with Gasteiger partial charge in [0.05, 0.1) is 12.1 Å². The van der Waals surface area contributed by atoms with Crippen molar-refractivity contribution >= 4 is 0 Å². The lowest BCUT2D eigenvalue weighted by Crippen LogP contribution is -2.46. The van der Waals surface area contributed by atoms with E-state index >= 15 is 0 Å². The molecule has 1 aromatic rings. The molecule has 0 amide bonds. The maximum atomic E-state index is 9.90. The monoisotopic (exact) mass is 207 g/mol. The molecular weight excluding hydrogens is 190 g/mol. The van der Waals surface area contributed by atoms with Crippen molar-refractivity contribution in [2.24, 2.45) is 0 Å². The third kappa shape index (κ3) is 2.20. The summed E-state index contributed by atoms with van der Waals surface area (Å²) in [4.78, 5) is 2.13. The Balaban J connectivity index is 2.21. The molecule has 82 valence electrons. The van der Waals surface area contributed by atoms with Crippen molar-refractivity contribution in [1.29, 1.82) is 0 Å². The summed E-state index contributed by atoms with van der Waals surface area (Å²) in [6.45, 7) is 2.82. The molecule has 0 saturated carbocycles. The van der Waals surface area contributed by atoms with E-state index in [0.717, 1.165) is 12.1 Å². The van der Waals surface area contributed by atoms with Gasteiger partial charge < -0.3 is 9.84 Å². The molecule has 3 nitrogen and oxygen atoms in total. The van der Waals surface area contributed by atoms with Crippen molar-refractivity contribution in [3.05, 3.63) is 35.9 Å². The molecule has 2 rings (SSSR count). The maximum absolute atomic E-state index is 9.90. The van der Waals surface area contributed by atoms with Gasteiger partial charge in [-0.3, -0.25) is 4.90 Å². The van der Waals surface area contributed by atoms with Crippen LogP contribution in [-0.4, -0.2) is 36.0 Å². The fraction of sp³-hybridized carbons (Fsp3) is 0.500. The van der Waals surface area contributed by atoms with Gasteiger partial charge in [0.1, 0.15) is 0 Å². The van der Waals surface area contributed by atoms with Gasteiger partial charge in [0.15, 0.2) is 6.29 Å². The molecule has 1 heterocycles. The molecule has 1 N–H and O–H groups in total. The highest BCUT2D eigenvalue weighted by molar-refractivity contribution is 5.20. The van der Waals surface area contributed by atoms with Crippen LogP contribution >= 0.6 is 0 Å². The number of hydrogen-bond donors (Lipinski definition) is 1. The van der Waals surface area contributed by atoms with Gasteiger partial charge in [0, 0.05) is 6.54 Å². The van der Waals surface area contributed by atoms with Crippen LogP contribution in [0.2, 0.25) is 0 Å². The second-order valence-corrected chi connectivity index (χ2v) is 4.13. The van der Waals surface area contributed by atoms with Crippen molar-refractivity contribution in [1.82, 2.24) is 4.90 Å². The van der Waals surface area contributed by atoms with Crippen molar-refractivity contribution in [2.45, 2.75) is 25.4 Å². The van der Waals surface area contributed by atoms with Crippen LogP contribution in [0, 0.1) is 0 Å². The van der Waals surface area contributed by atoms with E-state index in [4.69, 9.17) is 4.74 Å². The Morgan fingerprint density at radius 3 is 2.60 bits per heavy atom. The van der Waals surface area contributed by atoms with Gasteiger partial charge in [-0.15, -0.1) is 0 Å². The third-order valence-corrected chi connectivity index (χ3v) is 2.80. The van der Waals surface area contributed by atoms with Crippen LogP contribution in [0.4, 0.5) is 0 Å². The summed E-state index contributed by atoms with van der Waals surface area (Å²) >= 11 is 0. The fourth-order valence-corrected chi connectivity index (χ4v) is 2.16. The highest BCUT2D eigenvalue weighted by Gasteiger charge is 2.32. The lowest BCUT2D eigenvalue weighted by Gasteiger charge is -2.39. The molecule has 1 saturated heterocycles. The number of morpholine rings is 1. The van der Waals surface area contributed by atoms with Crippen LogP contribution in [0.15, 0.2) is 30.3 Å². The van der Waals surface area contributed by atoms with Gasteiger partial charge >= 0.3 is 0 Å². The molecule has 0 aromatic heterocycles. The predicted octanol–water partition coefficient (Wildman–Crippen LogP) is 1.40. The zero-order valence-corrected chi connectivity index (χ0v) is 9.13. The van der Waals surface area contributed by atoms with Gasteiger partial charge in [0.2, 0.25) is 0 Å². The second kappa shape index (κ2) is 4.31. The average Bonchev–Trinajstić information content (AvgIpc) is 2.17. The smallest absolute Gasteiger partial charge is 0.174 e. The number of aliphatic hydroxyl groups excluding tert-OH is 1. The van der Waals surface area contributed by atoms with Gasteiger partial charge in [-0.1, -0.05) is 30.3 Å². The first kappa shape index (κ1) is 10.6. The van der Waals surface area contributed by atoms with E-state index in [1.54, 1.807) is 0 Å². The largest absolute Gasteiger partial charge is 0.366 e. The van der Waals surface area contributed by atoms with Crippen molar-refractivity contribution in [2.75, 3.05) is 13.6 Å². The van der Waals surface area contributed by atoms with Gasteiger partial charge in [0.25, 0.3) is 0 Å². The predicted molar refractivity (Wildman–Crippen MR) is 58.4 cm³/mol. The normalized spacial score (nSPS) is 32.9. The third-order valence-electron chi connectivity index (χ3n) is 2.80. The number of aliphatic hydroxyl groups is 1. The Morgan fingerprint density at radius 1 is 1.33 bits per heavy atom. The number of hydrogen-bond acceptors (Lipinski definition) is 3. The Hall–Kier alpha value is -0.900. The van der Waals surface area contributed by atoms with Gasteiger partial charge in [-0.2, -0.15) is 0 Å². The van der Waals surface area contributed by atoms with Crippen LogP contribution in [0.5, 0.6) is 0 Å². The molecule has 3 unspecified atom stereocenters. The van der Waals surface area contributed by atoms with Crippen LogP contribution < -0.4 is 0 Å². The van der Waals surface area contributed by atoms with E-state index in [9.17, 15) is 5.11 Å². The Morgan fingerprint density at radius 2 is 2.00 bits per heavy atom. The van der Waals surface area contributed by atoms with E-state index in [2.05, 4.69) is 4.90 Å². The van der Waals surface area contributed by atoms with Crippen LogP contribution in [0.3, 0.4) is 0 Å². The minimum atomic E-state index is -0.735.